The Balaban J connectivity index is 0.000001000. The van der Waals surface area contributed by atoms with Crippen LogP contribution in [0.25, 0.3) is 0 Å². The standard InChI is InChI=1S/C6H7N3O.H2O/c7-5-1-2-9-3-4(5)6(8)10;/h1-3H,(H2,7,9)(H2,8,10);1H2. The minimum Gasteiger partial charge on any atom is -0.412 e. The summed E-state index contributed by atoms with van der Waals surface area (Å²) < 4.78 is 0. The van der Waals surface area contributed by atoms with Crippen LogP contribution in [0.1, 0.15) is 10.4 Å². The fraction of sp³-hybridized carbons (Fsp3) is 0. The number of nitrogen functional groups attached to an aromatic ring is 1. The summed E-state index contributed by atoms with van der Waals surface area (Å²) in [6.45, 7) is 0. The highest BCUT2D eigenvalue weighted by Crippen LogP contribution is 2.05. The fourth-order valence-electron chi connectivity index (χ4n) is 0.611. The van der Waals surface area contributed by atoms with Gasteiger partial charge in [-0.1, -0.05) is 0 Å². The van der Waals surface area contributed by atoms with Gasteiger partial charge in [0.2, 0.25) is 0 Å². The Morgan fingerprint density at radius 3 is 2.55 bits per heavy atom. The summed E-state index contributed by atoms with van der Waals surface area (Å²) in [5.74, 6) is -0.550. The summed E-state index contributed by atoms with van der Waals surface area (Å²) in [5.41, 5.74) is 11.0. The first kappa shape index (κ1) is 9.38. The molecule has 5 heteroatoms. The molecular weight excluding hydrogens is 146 g/mol. The zero-order valence-electron chi connectivity index (χ0n) is 5.74. The van der Waals surface area contributed by atoms with Crippen molar-refractivity contribution < 1.29 is 10.3 Å². The van der Waals surface area contributed by atoms with E-state index in [4.69, 9.17) is 11.5 Å². The Hall–Kier alpha value is -1.62. The van der Waals surface area contributed by atoms with Crippen molar-refractivity contribution in [3.8, 4) is 0 Å². The lowest BCUT2D eigenvalue weighted by Gasteiger charge is -1.96. The molecule has 5 nitrogen and oxygen atoms in total. The van der Waals surface area contributed by atoms with Crippen molar-refractivity contribution in [1.29, 1.82) is 0 Å². The van der Waals surface area contributed by atoms with E-state index in [0.717, 1.165) is 0 Å². The molecule has 0 atom stereocenters. The molecule has 1 rings (SSSR count). The van der Waals surface area contributed by atoms with E-state index in [2.05, 4.69) is 4.98 Å². The summed E-state index contributed by atoms with van der Waals surface area (Å²) >= 11 is 0. The van der Waals surface area contributed by atoms with Crippen LogP contribution in [0.15, 0.2) is 18.5 Å². The van der Waals surface area contributed by atoms with E-state index in [-0.39, 0.29) is 11.0 Å². The smallest absolute Gasteiger partial charge is 0.252 e. The summed E-state index contributed by atoms with van der Waals surface area (Å²) in [6, 6.07) is 1.53. The number of hydrogen-bond acceptors (Lipinski definition) is 3. The highest BCUT2D eigenvalue weighted by molar-refractivity contribution is 5.97. The third kappa shape index (κ3) is 1.91. The van der Waals surface area contributed by atoms with Gasteiger partial charge in [-0.25, -0.2) is 0 Å². The number of primary amides is 1. The monoisotopic (exact) mass is 155 g/mol. The number of carbonyl (C=O) groups is 1. The Kier molecular flexibility index (Phi) is 3.01. The second-order valence-corrected chi connectivity index (χ2v) is 1.83. The number of nitrogens with two attached hydrogens (primary N) is 2. The second kappa shape index (κ2) is 3.52. The molecule has 0 spiro atoms. The molecule has 1 heterocycles. The number of aromatic nitrogens is 1. The van der Waals surface area contributed by atoms with Gasteiger partial charge in [-0.3, -0.25) is 9.78 Å². The molecule has 0 aliphatic heterocycles. The largest absolute Gasteiger partial charge is 0.412 e. The third-order valence-corrected chi connectivity index (χ3v) is 1.12. The molecule has 0 unspecified atom stereocenters. The Morgan fingerprint density at radius 2 is 2.18 bits per heavy atom. The van der Waals surface area contributed by atoms with Gasteiger partial charge in [-0.15, -0.1) is 0 Å². The van der Waals surface area contributed by atoms with Crippen LogP contribution in [0.2, 0.25) is 0 Å². The maximum absolute atomic E-state index is 10.5. The maximum atomic E-state index is 10.5. The molecule has 1 aromatic heterocycles. The molecular formula is C6H9N3O2. The molecule has 1 amide bonds. The van der Waals surface area contributed by atoms with Gasteiger partial charge >= 0.3 is 0 Å². The second-order valence-electron chi connectivity index (χ2n) is 1.83. The molecule has 60 valence electrons. The molecule has 0 aliphatic carbocycles. The van der Waals surface area contributed by atoms with Gasteiger partial charge in [-0.2, -0.15) is 0 Å². The van der Waals surface area contributed by atoms with Crippen LogP contribution in [0.5, 0.6) is 0 Å². The molecule has 0 aliphatic rings. The van der Waals surface area contributed by atoms with Crippen LogP contribution < -0.4 is 11.5 Å². The highest BCUT2D eigenvalue weighted by atomic mass is 16.1. The lowest BCUT2D eigenvalue weighted by atomic mass is 10.2. The van der Waals surface area contributed by atoms with E-state index in [1.54, 1.807) is 0 Å². The Labute approximate surface area is 63.3 Å². The van der Waals surface area contributed by atoms with Crippen LogP contribution in [0.4, 0.5) is 5.69 Å². The number of nitrogens with zero attached hydrogens (tertiary/aromatic N) is 1. The summed E-state index contributed by atoms with van der Waals surface area (Å²) in [5, 5.41) is 0. The van der Waals surface area contributed by atoms with Crippen LogP contribution in [-0.2, 0) is 0 Å². The SMILES string of the molecule is NC(=O)c1cnccc1N.O. The number of anilines is 1. The summed E-state index contributed by atoms with van der Waals surface area (Å²) in [4.78, 5) is 14.2. The minimum absolute atomic E-state index is 0. The van der Waals surface area contributed by atoms with Gasteiger partial charge in [0, 0.05) is 18.1 Å². The quantitative estimate of drug-likeness (QED) is 0.538. The van der Waals surface area contributed by atoms with E-state index in [1.165, 1.54) is 18.5 Å². The van der Waals surface area contributed by atoms with Gasteiger partial charge in [0.1, 0.15) is 0 Å². The number of pyridine rings is 1. The van der Waals surface area contributed by atoms with Gasteiger partial charge in [0.05, 0.1) is 5.56 Å². The van der Waals surface area contributed by atoms with E-state index >= 15 is 0 Å². The van der Waals surface area contributed by atoms with Crippen molar-refractivity contribution in [1.82, 2.24) is 4.98 Å². The molecule has 0 saturated carbocycles. The third-order valence-electron chi connectivity index (χ3n) is 1.12. The highest BCUT2D eigenvalue weighted by Gasteiger charge is 2.02. The average molecular weight is 155 g/mol. The predicted molar refractivity (Wildman–Crippen MR) is 40.8 cm³/mol. The predicted octanol–water partition coefficient (Wildman–Crippen LogP) is -1.06. The van der Waals surface area contributed by atoms with Crippen molar-refractivity contribution in [2.75, 3.05) is 5.73 Å². The van der Waals surface area contributed by atoms with E-state index < -0.39 is 5.91 Å². The van der Waals surface area contributed by atoms with Gasteiger partial charge in [0.15, 0.2) is 0 Å². The lowest BCUT2D eigenvalue weighted by molar-refractivity contribution is 0.100. The lowest BCUT2D eigenvalue weighted by Crippen LogP contribution is -2.13. The summed E-state index contributed by atoms with van der Waals surface area (Å²) in [7, 11) is 0. The maximum Gasteiger partial charge on any atom is 0.252 e. The molecule has 11 heavy (non-hydrogen) atoms. The van der Waals surface area contributed by atoms with Crippen molar-refractivity contribution in [2.24, 2.45) is 5.73 Å². The molecule has 0 saturated heterocycles. The first-order valence-electron chi connectivity index (χ1n) is 2.71. The normalized spacial score (nSPS) is 8.36. The summed E-state index contributed by atoms with van der Waals surface area (Å²) in [6.07, 6.45) is 2.85. The average Bonchev–Trinajstić information content (AvgIpc) is 1.88. The minimum atomic E-state index is -0.550. The van der Waals surface area contributed by atoms with E-state index in [1.807, 2.05) is 0 Å². The topological polar surface area (TPSA) is 114 Å². The molecule has 1 aromatic rings. The Bertz CT molecular complexity index is 262. The van der Waals surface area contributed by atoms with Gasteiger partial charge in [0.25, 0.3) is 5.91 Å². The van der Waals surface area contributed by atoms with Crippen LogP contribution in [0.3, 0.4) is 0 Å². The molecule has 0 radical (unpaired) electrons. The number of rotatable bonds is 1. The van der Waals surface area contributed by atoms with Crippen molar-refractivity contribution >= 4 is 11.6 Å². The van der Waals surface area contributed by atoms with Gasteiger partial charge < -0.3 is 16.9 Å². The zero-order valence-corrected chi connectivity index (χ0v) is 5.74. The van der Waals surface area contributed by atoms with Crippen molar-refractivity contribution in [3.05, 3.63) is 24.0 Å². The number of carbonyl (C=O) groups excluding carboxylic acids is 1. The molecule has 0 bridgehead atoms. The zero-order chi connectivity index (χ0) is 7.56. The van der Waals surface area contributed by atoms with E-state index in [9.17, 15) is 4.79 Å². The van der Waals surface area contributed by atoms with Crippen LogP contribution in [-0.4, -0.2) is 16.4 Å². The number of amides is 1. The number of hydrogen-bond donors (Lipinski definition) is 2. The van der Waals surface area contributed by atoms with Crippen molar-refractivity contribution in [2.45, 2.75) is 0 Å². The first-order valence-corrected chi connectivity index (χ1v) is 2.71. The Morgan fingerprint density at radius 1 is 1.55 bits per heavy atom. The fourth-order valence-corrected chi connectivity index (χ4v) is 0.611. The van der Waals surface area contributed by atoms with Crippen molar-refractivity contribution in [3.63, 3.8) is 0 Å². The molecule has 0 fully saturated rings. The molecule has 6 N–H and O–H groups in total. The first-order chi connectivity index (χ1) is 4.72. The van der Waals surface area contributed by atoms with Gasteiger partial charge in [-0.05, 0) is 6.07 Å². The van der Waals surface area contributed by atoms with E-state index in [0.29, 0.717) is 5.69 Å². The van der Waals surface area contributed by atoms with Crippen LogP contribution in [0, 0.1) is 0 Å². The van der Waals surface area contributed by atoms with Crippen LogP contribution >= 0.6 is 0 Å². The molecule has 0 aromatic carbocycles.